The summed E-state index contributed by atoms with van der Waals surface area (Å²) in [5, 5.41) is 10.6. The molecule has 96 heavy (non-hydrogen) atoms. The molecule has 570 valence electrons. The molecule has 0 saturated heterocycles. The molecule has 0 aliphatic rings. The predicted octanol–water partition coefficient (Wildman–Crippen LogP) is 22.6. The Morgan fingerprint density at radius 3 is 0.708 bits per heavy atom. The van der Waals surface area contributed by atoms with E-state index >= 15 is 0 Å². The molecule has 0 saturated carbocycles. The van der Waals surface area contributed by atoms with E-state index in [0.29, 0.717) is 31.6 Å². The van der Waals surface area contributed by atoms with Crippen molar-refractivity contribution in [1.82, 2.24) is 0 Å². The number of phosphoric acid groups is 2. The Balaban J connectivity index is 5.21. The van der Waals surface area contributed by atoms with Crippen LogP contribution in [0.15, 0.2) is 0 Å². The lowest BCUT2D eigenvalue weighted by Crippen LogP contribution is -2.30. The Hall–Kier alpha value is -1.94. The lowest BCUT2D eigenvalue weighted by atomic mass is 10.0. The van der Waals surface area contributed by atoms with Crippen LogP contribution in [0.3, 0.4) is 0 Å². The number of esters is 4. The fourth-order valence-corrected chi connectivity index (χ4v) is 13.4. The van der Waals surface area contributed by atoms with Crippen LogP contribution >= 0.6 is 15.6 Å². The van der Waals surface area contributed by atoms with Gasteiger partial charge in [0.1, 0.15) is 19.3 Å². The molecule has 0 heterocycles. The number of carbonyl (C=O) groups excluding carboxylic acids is 4. The fraction of sp³-hybridized carbons (Fsp3) is 0.948. The first-order valence-corrected chi connectivity index (χ1v) is 42.8. The van der Waals surface area contributed by atoms with Crippen LogP contribution in [-0.2, 0) is 65.4 Å². The third kappa shape index (κ3) is 70.5. The number of hydrogen-bond acceptors (Lipinski definition) is 15. The van der Waals surface area contributed by atoms with E-state index in [1.807, 2.05) is 0 Å². The van der Waals surface area contributed by atoms with Crippen LogP contribution in [0.4, 0.5) is 0 Å². The Morgan fingerprint density at radius 1 is 0.281 bits per heavy atom. The zero-order valence-corrected chi connectivity index (χ0v) is 64.6. The third-order valence-electron chi connectivity index (χ3n) is 17.9. The number of unbranched alkanes of at least 4 members (excludes halogenated alkanes) is 43. The van der Waals surface area contributed by atoms with Gasteiger partial charge in [0, 0.05) is 25.7 Å². The summed E-state index contributed by atoms with van der Waals surface area (Å²) in [6.07, 6.45) is 54.4. The van der Waals surface area contributed by atoms with Crippen LogP contribution in [0.2, 0.25) is 0 Å². The number of hydrogen-bond donors (Lipinski definition) is 3. The predicted molar refractivity (Wildman–Crippen MR) is 391 cm³/mol. The molecular formula is C77H150O17P2. The first-order chi connectivity index (χ1) is 46.2. The van der Waals surface area contributed by atoms with Crippen molar-refractivity contribution in [3.63, 3.8) is 0 Å². The van der Waals surface area contributed by atoms with Crippen LogP contribution < -0.4 is 0 Å². The SMILES string of the molecule is CCCCCCCCCCCCCCCCCCCCCCC(=O)O[C@H](COC(=O)CCCCCCCCCCCCCC(C)C)COP(=O)(O)OC[C@@H](O)COP(=O)(O)OC[C@@H](COC(=O)CCCCCCCCC(C)C)OC(=O)CCCCCCCCCCCCC(C)C. The van der Waals surface area contributed by atoms with E-state index < -0.39 is 97.5 Å². The normalized spacial score (nSPS) is 14.1. The molecule has 0 aromatic heterocycles. The number of phosphoric ester groups is 2. The number of carbonyl (C=O) groups is 4. The Kier molecular flexibility index (Phi) is 66.2. The van der Waals surface area contributed by atoms with Crippen molar-refractivity contribution in [3.05, 3.63) is 0 Å². The van der Waals surface area contributed by atoms with Gasteiger partial charge in [-0.25, -0.2) is 9.13 Å². The average Bonchev–Trinajstić information content (AvgIpc) is 2.38. The van der Waals surface area contributed by atoms with Crippen molar-refractivity contribution in [1.29, 1.82) is 0 Å². The van der Waals surface area contributed by atoms with Gasteiger partial charge in [0.25, 0.3) is 0 Å². The smallest absolute Gasteiger partial charge is 0.462 e. The molecule has 3 N–H and O–H groups in total. The molecule has 5 atom stereocenters. The first-order valence-electron chi connectivity index (χ1n) is 39.8. The molecule has 0 rings (SSSR count). The average molecular weight is 1410 g/mol. The summed E-state index contributed by atoms with van der Waals surface area (Å²) in [7, 11) is -9.91. The maximum absolute atomic E-state index is 13.1. The van der Waals surface area contributed by atoms with Gasteiger partial charge in [-0.3, -0.25) is 37.3 Å². The second-order valence-corrected chi connectivity index (χ2v) is 32.1. The van der Waals surface area contributed by atoms with Crippen molar-refractivity contribution in [2.24, 2.45) is 17.8 Å². The van der Waals surface area contributed by atoms with Gasteiger partial charge in [0.2, 0.25) is 0 Å². The quantitative estimate of drug-likeness (QED) is 0.0222. The molecule has 0 radical (unpaired) electrons. The molecule has 0 fully saturated rings. The van der Waals surface area contributed by atoms with Crippen LogP contribution in [0.5, 0.6) is 0 Å². The minimum Gasteiger partial charge on any atom is -0.462 e. The summed E-state index contributed by atoms with van der Waals surface area (Å²) < 4.78 is 68.5. The Labute approximate surface area is 588 Å². The molecule has 0 amide bonds. The van der Waals surface area contributed by atoms with Crippen molar-refractivity contribution in [2.75, 3.05) is 39.6 Å². The van der Waals surface area contributed by atoms with E-state index in [0.717, 1.165) is 108 Å². The highest BCUT2D eigenvalue weighted by molar-refractivity contribution is 7.47. The van der Waals surface area contributed by atoms with E-state index in [1.54, 1.807) is 0 Å². The van der Waals surface area contributed by atoms with E-state index in [4.69, 9.17) is 37.0 Å². The summed E-state index contributed by atoms with van der Waals surface area (Å²) in [5.41, 5.74) is 0. The minimum atomic E-state index is -4.96. The topological polar surface area (TPSA) is 237 Å². The van der Waals surface area contributed by atoms with Crippen molar-refractivity contribution in [2.45, 2.75) is 414 Å². The molecule has 0 aliphatic heterocycles. The maximum Gasteiger partial charge on any atom is 0.472 e. The number of aliphatic hydroxyl groups is 1. The summed E-state index contributed by atoms with van der Waals surface area (Å²) >= 11 is 0. The Morgan fingerprint density at radius 2 is 0.479 bits per heavy atom. The zero-order chi connectivity index (χ0) is 70.9. The van der Waals surface area contributed by atoms with Gasteiger partial charge < -0.3 is 33.8 Å². The monoisotopic (exact) mass is 1410 g/mol. The van der Waals surface area contributed by atoms with Gasteiger partial charge in [-0.2, -0.15) is 0 Å². The van der Waals surface area contributed by atoms with E-state index in [9.17, 15) is 43.2 Å². The fourth-order valence-electron chi connectivity index (χ4n) is 11.8. The van der Waals surface area contributed by atoms with Crippen LogP contribution in [0.25, 0.3) is 0 Å². The van der Waals surface area contributed by atoms with Crippen LogP contribution in [0.1, 0.15) is 395 Å². The van der Waals surface area contributed by atoms with E-state index in [1.165, 1.54) is 199 Å². The third-order valence-corrected chi connectivity index (χ3v) is 19.8. The highest BCUT2D eigenvalue weighted by Gasteiger charge is 2.30. The second kappa shape index (κ2) is 67.5. The van der Waals surface area contributed by atoms with Gasteiger partial charge in [-0.15, -0.1) is 0 Å². The molecule has 17 nitrogen and oxygen atoms in total. The number of rotatable bonds is 75. The van der Waals surface area contributed by atoms with E-state index in [2.05, 4.69) is 48.5 Å². The van der Waals surface area contributed by atoms with Crippen molar-refractivity contribution >= 4 is 39.5 Å². The van der Waals surface area contributed by atoms with Gasteiger partial charge in [-0.1, -0.05) is 344 Å². The molecule has 19 heteroatoms. The van der Waals surface area contributed by atoms with Gasteiger partial charge in [0.05, 0.1) is 26.4 Å². The number of ether oxygens (including phenoxy) is 4. The maximum atomic E-state index is 13.1. The summed E-state index contributed by atoms with van der Waals surface area (Å²) in [4.78, 5) is 72.8. The van der Waals surface area contributed by atoms with E-state index in [-0.39, 0.29) is 25.7 Å². The summed E-state index contributed by atoms with van der Waals surface area (Å²) in [6, 6.07) is 0. The molecule has 0 aromatic carbocycles. The van der Waals surface area contributed by atoms with Crippen LogP contribution in [-0.4, -0.2) is 96.7 Å². The Bertz CT molecular complexity index is 1870. The molecule has 2 unspecified atom stereocenters. The summed E-state index contributed by atoms with van der Waals surface area (Å²) in [5.74, 6) is 0.0828. The van der Waals surface area contributed by atoms with Crippen molar-refractivity contribution < 1.29 is 80.2 Å². The highest BCUT2D eigenvalue weighted by atomic mass is 31.2. The number of aliphatic hydroxyl groups excluding tert-OH is 1. The lowest BCUT2D eigenvalue weighted by molar-refractivity contribution is -0.161. The minimum absolute atomic E-state index is 0.105. The molecule has 0 aliphatic carbocycles. The zero-order valence-electron chi connectivity index (χ0n) is 62.8. The second-order valence-electron chi connectivity index (χ2n) is 29.2. The molecular weight excluding hydrogens is 1260 g/mol. The molecule has 0 aromatic rings. The first kappa shape index (κ1) is 94.1. The van der Waals surface area contributed by atoms with Crippen LogP contribution in [0, 0.1) is 17.8 Å². The summed E-state index contributed by atoms with van der Waals surface area (Å²) in [6.45, 7) is 11.8. The van der Waals surface area contributed by atoms with Gasteiger partial charge in [0.15, 0.2) is 12.2 Å². The molecule has 0 spiro atoms. The van der Waals surface area contributed by atoms with Gasteiger partial charge in [-0.05, 0) is 43.4 Å². The lowest BCUT2D eigenvalue weighted by Gasteiger charge is -2.21. The highest BCUT2D eigenvalue weighted by Crippen LogP contribution is 2.45. The molecule has 0 bridgehead atoms. The standard InChI is InChI=1S/C77H150O17P2/c1-8-9-10-11-12-13-14-15-16-17-18-19-20-21-22-25-32-37-46-53-60-76(81)93-72(64-87-74(79)58-51-44-36-31-26-23-24-29-34-41-48-55-68(2)3)66-91-95(83,84)89-62-71(78)63-90-96(85,86)92-67-73(65-88-75(80)59-52-45-40-39-43-50-57-70(6)7)94-77(82)61-54-47-38-33-28-27-30-35-42-49-56-69(4)5/h68-73,78H,8-67H2,1-7H3,(H,83,84)(H,85,86)/t71-,72-,73-/m1/s1. The van der Waals surface area contributed by atoms with Crippen molar-refractivity contribution in [3.8, 4) is 0 Å². The van der Waals surface area contributed by atoms with Gasteiger partial charge >= 0.3 is 39.5 Å². The largest absolute Gasteiger partial charge is 0.472 e.